The highest BCUT2D eigenvalue weighted by Gasteiger charge is 2.27. The first-order valence-electron chi connectivity index (χ1n) is 7.19. The zero-order chi connectivity index (χ0) is 16.6. The maximum absolute atomic E-state index is 11.3. The fourth-order valence-corrected chi connectivity index (χ4v) is 2.55. The van der Waals surface area contributed by atoms with Crippen molar-refractivity contribution in [3.63, 3.8) is 0 Å². The highest BCUT2D eigenvalue weighted by molar-refractivity contribution is 5.75. The molecule has 0 aromatic heterocycles. The van der Waals surface area contributed by atoms with Crippen LogP contribution in [0.25, 0.3) is 5.76 Å². The van der Waals surface area contributed by atoms with E-state index in [0.29, 0.717) is 12.2 Å². The summed E-state index contributed by atoms with van der Waals surface area (Å²) in [6, 6.07) is 11.1. The number of hydrogen-bond donors (Lipinski definition) is 1. The molecule has 118 valence electrons. The SMILES string of the molecule is CN(C)c1ccc(C2=CCc3ccc(N)c([N+](=O)[O-])c3O2)cc1. The minimum absolute atomic E-state index is 0.109. The van der Waals surface area contributed by atoms with Gasteiger partial charge in [0.25, 0.3) is 0 Å². The molecule has 1 aliphatic heterocycles. The topological polar surface area (TPSA) is 81.6 Å². The summed E-state index contributed by atoms with van der Waals surface area (Å²) < 4.78 is 5.82. The molecule has 3 rings (SSSR count). The van der Waals surface area contributed by atoms with Gasteiger partial charge in [-0.3, -0.25) is 10.1 Å². The number of hydrogen-bond acceptors (Lipinski definition) is 5. The Kier molecular flexibility index (Phi) is 3.65. The Balaban J connectivity index is 1.97. The van der Waals surface area contributed by atoms with E-state index in [-0.39, 0.29) is 17.1 Å². The first kappa shape index (κ1) is 14.9. The van der Waals surface area contributed by atoms with Gasteiger partial charge in [-0.2, -0.15) is 0 Å². The summed E-state index contributed by atoms with van der Waals surface area (Å²) in [5.41, 5.74) is 8.38. The smallest absolute Gasteiger partial charge is 0.334 e. The quantitative estimate of drug-likeness (QED) is 0.534. The van der Waals surface area contributed by atoms with E-state index in [9.17, 15) is 10.1 Å². The molecule has 0 saturated carbocycles. The van der Waals surface area contributed by atoms with Crippen LogP contribution in [-0.4, -0.2) is 19.0 Å². The van der Waals surface area contributed by atoms with Crippen molar-refractivity contribution in [2.75, 3.05) is 24.7 Å². The zero-order valence-corrected chi connectivity index (χ0v) is 12.9. The minimum atomic E-state index is -0.494. The summed E-state index contributed by atoms with van der Waals surface area (Å²) in [5.74, 6) is 0.848. The first-order valence-corrected chi connectivity index (χ1v) is 7.19. The summed E-state index contributed by atoms with van der Waals surface area (Å²) in [5, 5.41) is 11.3. The largest absolute Gasteiger partial charge is 0.449 e. The summed E-state index contributed by atoms with van der Waals surface area (Å²) >= 11 is 0. The van der Waals surface area contributed by atoms with Crippen molar-refractivity contribution in [2.45, 2.75) is 6.42 Å². The average molecular weight is 311 g/mol. The van der Waals surface area contributed by atoms with E-state index in [1.807, 2.05) is 49.3 Å². The first-order chi connectivity index (χ1) is 11.0. The van der Waals surface area contributed by atoms with Crippen LogP contribution in [-0.2, 0) is 6.42 Å². The normalized spacial score (nSPS) is 12.9. The molecule has 1 aliphatic rings. The van der Waals surface area contributed by atoms with Crippen molar-refractivity contribution >= 4 is 22.8 Å². The second-order valence-corrected chi connectivity index (χ2v) is 5.56. The van der Waals surface area contributed by atoms with Gasteiger partial charge in [0, 0.05) is 30.9 Å². The summed E-state index contributed by atoms with van der Waals surface area (Å²) in [6.07, 6.45) is 2.49. The van der Waals surface area contributed by atoms with Gasteiger partial charge in [-0.1, -0.05) is 6.07 Å². The lowest BCUT2D eigenvalue weighted by Crippen LogP contribution is -2.10. The Bertz CT molecular complexity index is 795. The van der Waals surface area contributed by atoms with Crippen LogP contribution >= 0.6 is 0 Å². The molecule has 0 atom stereocenters. The third kappa shape index (κ3) is 2.70. The minimum Gasteiger partial charge on any atom is -0.449 e. The van der Waals surface area contributed by atoms with Crippen molar-refractivity contribution in [2.24, 2.45) is 0 Å². The molecule has 6 nitrogen and oxygen atoms in total. The summed E-state index contributed by atoms with van der Waals surface area (Å²) in [6.45, 7) is 0. The molecule has 6 heteroatoms. The van der Waals surface area contributed by atoms with Crippen molar-refractivity contribution in [3.05, 3.63) is 63.7 Å². The molecule has 1 heterocycles. The van der Waals surface area contributed by atoms with E-state index >= 15 is 0 Å². The number of allylic oxidation sites excluding steroid dienone is 1. The van der Waals surface area contributed by atoms with Crippen LogP contribution in [0.3, 0.4) is 0 Å². The number of nitrogens with two attached hydrogens (primary N) is 1. The van der Waals surface area contributed by atoms with Gasteiger partial charge in [0.05, 0.1) is 4.92 Å². The van der Waals surface area contributed by atoms with E-state index in [4.69, 9.17) is 10.5 Å². The van der Waals surface area contributed by atoms with Crippen LogP contribution in [0.2, 0.25) is 0 Å². The van der Waals surface area contributed by atoms with Gasteiger partial charge in [0.1, 0.15) is 11.4 Å². The third-order valence-corrected chi connectivity index (χ3v) is 3.81. The molecule has 0 aliphatic carbocycles. The molecule has 23 heavy (non-hydrogen) atoms. The Morgan fingerprint density at radius 2 is 1.87 bits per heavy atom. The highest BCUT2D eigenvalue weighted by Crippen LogP contribution is 2.41. The molecular weight excluding hydrogens is 294 g/mol. The second-order valence-electron chi connectivity index (χ2n) is 5.56. The predicted molar refractivity (Wildman–Crippen MR) is 90.6 cm³/mol. The molecule has 0 unspecified atom stereocenters. The van der Waals surface area contributed by atoms with Crippen molar-refractivity contribution in [1.29, 1.82) is 0 Å². The van der Waals surface area contributed by atoms with Gasteiger partial charge in [-0.05, 0) is 42.8 Å². The molecule has 0 saturated heterocycles. The molecule has 0 fully saturated rings. The fourth-order valence-electron chi connectivity index (χ4n) is 2.55. The molecule has 2 N–H and O–H groups in total. The number of nitrogen functional groups attached to an aromatic ring is 1. The number of nitrogens with zero attached hydrogens (tertiary/aromatic N) is 2. The van der Waals surface area contributed by atoms with E-state index in [1.54, 1.807) is 12.1 Å². The van der Waals surface area contributed by atoms with Crippen molar-refractivity contribution in [1.82, 2.24) is 0 Å². The van der Waals surface area contributed by atoms with Crippen LogP contribution in [0.15, 0.2) is 42.5 Å². The summed E-state index contributed by atoms with van der Waals surface area (Å²) in [7, 11) is 3.93. The second kappa shape index (κ2) is 5.64. The van der Waals surface area contributed by atoms with Gasteiger partial charge >= 0.3 is 5.69 Å². The van der Waals surface area contributed by atoms with E-state index in [1.165, 1.54) is 0 Å². The molecule has 0 radical (unpaired) electrons. The lowest BCUT2D eigenvalue weighted by atomic mass is 10.0. The predicted octanol–water partition coefficient (Wildman–Crippen LogP) is 3.22. The number of anilines is 2. The number of benzene rings is 2. The standard InChI is InChI=1S/C17H17N3O3/c1-19(2)13-7-3-11(4-8-13)15-10-6-12-5-9-14(18)16(20(21)22)17(12)23-15/h3-5,7-10H,6,18H2,1-2H3. The molecule has 0 amide bonds. The molecule has 2 aromatic carbocycles. The Hall–Kier alpha value is -3.02. The Morgan fingerprint density at radius 3 is 2.48 bits per heavy atom. The highest BCUT2D eigenvalue weighted by atomic mass is 16.6. The fraction of sp³-hybridized carbons (Fsp3) is 0.176. The van der Waals surface area contributed by atoms with E-state index < -0.39 is 4.92 Å². The number of nitro groups is 1. The monoisotopic (exact) mass is 311 g/mol. The Morgan fingerprint density at radius 1 is 1.17 bits per heavy atom. The molecular formula is C17H17N3O3. The zero-order valence-electron chi connectivity index (χ0n) is 12.9. The number of rotatable bonds is 3. The lowest BCUT2D eigenvalue weighted by Gasteiger charge is -2.19. The molecule has 0 spiro atoms. The van der Waals surface area contributed by atoms with Gasteiger partial charge in [-0.25, -0.2) is 0 Å². The average Bonchev–Trinajstić information content (AvgIpc) is 2.53. The van der Waals surface area contributed by atoms with Gasteiger partial charge in [-0.15, -0.1) is 0 Å². The van der Waals surface area contributed by atoms with Gasteiger partial charge in [0.15, 0.2) is 0 Å². The molecule has 0 bridgehead atoms. The summed E-state index contributed by atoms with van der Waals surface area (Å²) in [4.78, 5) is 12.8. The van der Waals surface area contributed by atoms with Crippen molar-refractivity contribution in [3.8, 4) is 5.75 Å². The van der Waals surface area contributed by atoms with Crippen LogP contribution < -0.4 is 15.4 Å². The third-order valence-electron chi connectivity index (χ3n) is 3.81. The van der Waals surface area contributed by atoms with Crippen LogP contribution in [0.4, 0.5) is 17.1 Å². The van der Waals surface area contributed by atoms with E-state index in [0.717, 1.165) is 16.8 Å². The van der Waals surface area contributed by atoms with E-state index in [2.05, 4.69) is 0 Å². The van der Waals surface area contributed by atoms with Gasteiger partial charge in [0.2, 0.25) is 5.75 Å². The maximum atomic E-state index is 11.3. The molecule has 2 aromatic rings. The van der Waals surface area contributed by atoms with Gasteiger partial charge < -0.3 is 15.4 Å². The van der Waals surface area contributed by atoms with Crippen LogP contribution in [0.5, 0.6) is 5.75 Å². The number of fused-ring (bicyclic) bond motifs is 1. The number of ether oxygens (including phenoxy) is 1. The lowest BCUT2D eigenvalue weighted by molar-refractivity contribution is -0.384. The van der Waals surface area contributed by atoms with Crippen LogP contribution in [0.1, 0.15) is 11.1 Å². The Labute approximate surface area is 133 Å². The van der Waals surface area contributed by atoms with Crippen LogP contribution in [0, 0.1) is 10.1 Å². The number of nitro benzene ring substituents is 1. The van der Waals surface area contributed by atoms with Crippen molar-refractivity contribution < 1.29 is 9.66 Å². The maximum Gasteiger partial charge on any atom is 0.334 e.